The van der Waals surface area contributed by atoms with Gasteiger partial charge >= 0.3 is 0 Å². The predicted molar refractivity (Wildman–Crippen MR) is 41.5 cm³/mol. The van der Waals surface area contributed by atoms with Gasteiger partial charge in [0.25, 0.3) is 0 Å². The fraction of sp³-hybridized carbons (Fsp3) is 0.625. The molecule has 0 radical (unpaired) electrons. The highest BCUT2D eigenvalue weighted by molar-refractivity contribution is 6.10. The van der Waals surface area contributed by atoms with Crippen LogP contribution in [0.2, 0.25) is 0 Å². The lowest BCUT2D eigenvalue weighted by atomic mass is 9.93. The van der Waals surface area contributed by atoms with Crippen LogP contribution in [0.25, 0.3) is 0 Å². The van der Waals surface area contributed by atoms with E-state index in [1.165, 1.54) is 6.92 Å². The van der Waals surface area contributed by atoms with Gasteiger partial charge in [0.2, 0.25) is 5.91 Å². The standard InChI is InChI=1S/C8H11NO3/c1-5(10)9-8-6(11)3-2-4-7(8)12/h8H,2-4H2,1H3,(H,9,10). The van der Waals surface area contributed by atoms with Crippen molar-refractivity contribution in [3.05, 3.63) is 0 Å². The van der Waals surface area contributed by atoms with Gasteiger partial charge in [-0.25, -0.2) is 0 Å². The van der Waals surface area contributed by atoms with Gasteiger partial charge in [0.05, 0.1) is 0 Å². The second-order valence-corrected chi connectivity index (χ2v) is 2.92. The van der Waals surface area contributed by atoms with Crippen molar-refractivity contribution in [1.29, 1.82) is 0 Å². The molecule has 0 unspecified atom stereocenters. The lowest BCUT2D eigenvalue weighted by Crippen LogP contribution is -2.47. The first-order chi connectivity index (χ1) is 5.61. The molecular formula is C8H11NO3. The summed E-state index contributed by atoms with van der Waals surface area (Å²) in [6, 6.07) is -0.865. The fourth-order valence-corrected chi connectivity index (χ4v) is 1.27. The van der Waals surface area contributed by atoms with Gasteiger partial charge in [-0.05, 0) is 6.42 Å². The van der Waals surface area contributed by atoms with Gasteiger partial charge in [-0.15, -0.1) is 0 Å². The summed E-state index contributed by atoms with van der Waals surface area (Å²) in [6.07, 6.45) is 1.42. The highest BCUT2D eigenvalue weighted by Gasteiger charge is 2.30. The SMILES string of the molecule is CC(=O)NC1C(=O)CCCC1=O. The first-order valence-electron chi connectivity index (χ1n) is 3.94. The van der Waals surface area contributed by atoms with Crippen LogP contribution in [-0.2, 0) is 14.4 Å². The highest BCUT2D eigenvalue weighted by Crippen LogP contribution is 2.10. The Morgan fingerprint density at radius 2 is 1.83 bits per heavy atom. The Morgan fingerprint density at radius 1 is 1.33 bits per heavy atom. The molecule has 0 saturated heterocycles. The van der Waals surface area contributed by atoms with Crippen molar-refractivity contribution in [3.8, 4) is 0 Å². The zero-order valence-electron chi connectivity index (χ0n) is 6.92. The molecule has 12 heavy (non-hydrogen) atoms. The summed E-state index contributed by atoms with van der Waals surface area (Å²) in [5, 5.41) is 2.34. The second kappa shape index (κ2) is 3.47. The number of carbonyl (C=O) groups excluding carboxylic acids is 3. The van der Waals surface area contributed by atoms with Gasteiger partial charge in [0.15, 0.2) is 11.6 Å². The molecule has 4 nitrogen and oxygen atoms in total. The molecule has 1 amide bonds. The molecule has 0 aromatic rings. The third-order valence-corrected chi connectivity index (χ3v) is 1.84. The van der Waals surface area contributed by atoms with E-state index in [1.807, 2.05) is 0 Å². The van der Waals surface area contributed by atoms with Crippen LogP contribution in [0.4, 0.5) is 0 Å². The maximum Gasteiger partial charge on any atom is 0.217 e. The second-order valence-electron chi connectivity index (χ2n) is 2.92. The van der Waals surface area contributed by atoms with Gasteiger partial charge in [-0.3, -0.25) is 14.4 Å². The number of hydrogen-bond donors (Lipinski definition) is 1. The van der Waals surface area contributed by atoms with Crippen LogP contribution in [0.15, 0.2) is 0 Å². The number of nitrogens with one attached hydrogen (secondary N) is 1. The van der Waals surface area contributed by atoms with E-state index in [2.05, 4.69) is 5.32 Å². The number of hydrogen-bond acceptors (Lipinski definition) is 3. The minimum atomic E-state index is -0.865. The Labute approximate surface area is 70.3 Å². The molecular weight excluding hydrogens is 158 g/mol. The number of ketones is 2. The maximum absolute atomic E-state index is 11.1. The summed E-state index contributed by atoms with van der Waals surface area (Å²) < 4.78 is 0. The monoisotopic (exact) mass is 169 g/mol. The van der Waals surface area contributed by atoms with Gasteiger partial charge in [-0.1, -0.05) is 0 Å². The molecule has 0 heterocycles. The summed E-state index contributed by atoms with van der Waals surface area (Å²) in [5.74, 6) is -0.661. The summed E-state index contributed by atoms with van der Waals surface area (Å²) in [7, 11) is 0. The molecule has 4 heteroatoms. The van der Waals surface area contributed by atoms with Crippen LogP contribution in [0.5, 0.6) is 0 Å². The molecule has 1 N–H and O–H groups in total. The number of amides is 1. The molecule has 0 atom stereocenters. The summed E-state index contributed by atoms with van der Waals surface area (Å²) in [5.41, 5.74) is 0. The average Bonchev–Trinajstić information content (AvgIpc) is 1.97. The topological polar surface area (TPSA) is 63.2 Å². The molecule has 1 rings (SSSR count). The van der Waals surface area contributed by atoms with Crippen molar-refractivity contribution in [2.75, 3.05) is 0 Å². The Balaban J connectivity index is 2.63. The Bertz CT molecular complexity index is 218. The minimum Gasteiger partial charge on any atom is -0.340 e. The fourth-order valence-electron chi connectivity index (χ4n) is 1.27. The molecule has 0 aliphatic heterocycles. The third kappa shape index (κ3) is 1.90. The molecule has 0 aromatic carbocycles. The number of carbonyl (C=O) groups is 3. The van der Waals surface area contributed by atoms with E-state index in [0.29, 0.717) is 19.3 Å². The number of rotatable bonds is 1. The largest absolute Gasteiger partial charge is 0.340 e. The van der Waals surface area contributed by atoms with Crippen molar-refractivity contribution in [3.63, 3.8) is 0 Å². The van der Waals surface area contributed by atoms with Crippen molar-refractivity contribution >= 4 is 17.5 Å². The molecule has 0 aromatic heterocycles. The Hall–Kier alpha value is -1.19. The molecule has 1 aliphatic rings. The van der Waals surface area contributed by atoms with Crippen molar-refractivity contribution in [2.24, 2.45) is 0 Å². The van der Waals surface area contributed by atoms with Gasteiger partial charge in [-0.2, -0.15) is 0 Å². The molecule has 1 saturated carbocycles. The van der Waals surface area contributed by atoms with Crippen LogP contribution in [0, 0.1) is 0 Å². The molecule has 0 bridgehead atoms. The molecule has 66 valence electrons. The Kier molecular flexibility index (Phi) is 2.58. The van der Waals surface area contributed by atoms with Crippen molar-refractivity contribution in [1.82, 2.24) is 5.32 Å². The van der Waals surface area contributed by atoms with Gasteiger partial charge in [0.1, 0.15) is 6.04 Å². The summed E-state index contributed by atoms with van der Waals surface area (Å²) in [6.45, 7) is 1.30. The van der Waals surface area contributed by atoms with E-state index >= 15 is 0 Å². The first kappa shape index (κ1) is 8.90. The van der Waals surface area contributed by atoms with Gasteiger partial charge in [0, 0.05) is 19.8 Å². The lowest BCUT2D eigenvalue weighted by Gasteiger charge is -2.19. The van der Waals surface area contributed by atoms with Crippen LogP contribution in [-0.4, -0.2) is 23.5 Å². The predicted octanol–water partition coefficient (Wildman–Crippen LogP) is -0.187. The Morgan fingerprint density at radius 3 is 2.25 bits per heavy atom. The number of Topliss-reactive ketones (excluding diaryl/α,β-unsaturated/α-hetero) is 2. The third-order valence-electron chi connectivity index (χ3n) is 1.84. The smallest absolute Gasteiger partial charge is 0.217 e. The van der Waals surface area contributed by atoms with E-state index in [9.17, 15) is 14.4 Å². The van der Waals surface area contributed by atoms with Crippen LogP contribution < -0.4 is 5.32 Å². The highest BCUT2D eigenvalue weighted by atomic mass is 16.2. The summed E-state index contributed by atoms with van der Waals surface area (Å²) >= 11 is 0. The average molecular weight is 169 g/mol. The van der Waals surface area contributed by atoms with Crippen LogP contribution in [0.1, 0.15) is 26.2 Å². The van der Waals surface area contributed by atoms with Crippen molar-refractivity contribution in [2.45, 2.75) is 32.2 Å². The zero-order valence-corrected chi connectivity index (χ0v) is 6.92. The van der Waals surface area contributed by atoms with E-state index in [0.717, 1.165) is 0 Å². The van der Waals surface area contributed by atoms with E-state index in [4.69, 9.17) is 0 Å². The first-order valence-corrected chi connectivity index (χ1v) is 3.94. The normalized spacial score (nSPS) is 19.4. The minimum absolute atomic E-state index is 0.165. The van der Waals surface area contributed by atoms with Crippen LogP contribution in [0.3, 0.4) is 0 Å². The summed E-state index contributed by atoms with van der Waals surface area (Å²) in [4.78, 5) is 32.8. The molecule has 1 aliphatic carbocycles. The molecule has 1 fully saturated rings. The molecule has 0 spiro atoms. The lowest BCUT2D eigenvalue weighted by molar-refractivity contribution is -0.136. The van der Waals surface area contributed by atoms with E-state index in [-0.39, 0.29) is 17.5 Å². The van der Waals surface area contributed by atoms with Crippen molar-refractivity contribution < 1.29 is 14.4 Å². The van der Waals surface area contributed by atoms with Crippen LogP contribution >= 0.6 is 0 Å². The quantitative estimate of drug-likeness (QED) is 0.553. The maximum atomic E-state index is 11.1. The van der Waals surface area contributed by atoms with E-state index in [1.54, 1.807) is 0 Å². The zero-order chi connectivity index (χ0) is 9.14. The van der Waals surface area contributed by atoms with E-state index < -0.39 is 6.04 Å². The van der Waals surface area contributed by atoms with Gasteiger partial charge < -0.3 is 5.32 Å².